The molecule has 3 rings (SSSR count). The van der Waals surface area contributed by atoms with Crippen LogP contribution in [0.4, 0.5) is 0 Å². The maximum Gasteiger partial charge on any atom is 0.272 e. The Hall–Kier alpha value is -3.06. The summed E-state index contributed by atoms with van der Waals surface area (Å²) in [4.78, 5) is 32.4. The average molecular weight is 397 g/mol. The molecule has 0 spiro atoms. The number of carbonyl (C=O) groups excluding carboxylic acids is 2. The van der Waals surface area contributed by atoms with Gasteiger partial charge in [0.05, 0.1) is 5.56 Å². The van der Waals surface area contributed by atoms with E-state index in [0.717, 1.165) is 10.0 Å². The molecule has 2 amide bonds. The van der Waals surface area contributed by atoms with Crippen LogP contribution in [0.25, 0.3) is 11.4 Å². The van der Waals surface area contributed by atoms with Gasteiger partial charge in [0.25, 0.3) is 11.8 Å². The van der Waals surface area contributed by atoms with Gasteiger partial charge in [-0.25, -0.2) is 9.97 Å². The Labute approximate surface area is 152 Å². The summed E-state index contributed by atoms with van der Waals surface area (Å²) in [6.07, 6.45) is 2.83. The summed E-state index contributed by atoms with van der Waals surface area (Å²) in [5.41, 5.74) is 6.23. The molecule has 3 aromatic rings. The molecule has 25 heavy (non-hydrogen) atoms. The first-order valence-electron chi connectivity index (χ1n) is 7.37. The number of carbonyl (C=O) groups is 2. The summed E-state index contributed by atoms with van der Waals surface area (Å²) in [5.74, 6) is -0.385. The van der Waals surface area contributed by atoms with Gasteiger partial charge in [0.2, 0.25) is 0 Å². The molecular formula is C18H13BrN4O2. The van der Waals surface area contributed by atoms with E-state index in [4.69, 9.17) is 0 Å². The normalized spacial score (nSPS) is 10.1. The molecule has 124 valence electrons. The van der Waals surface area contributed by atoms with Crippen LogP contribution in [-0.2, 0) is 0 Å². The number of nitrogens with one attached hydrogen (secondary N) is 2. The minimum Gasteiger partial charge on any atom is -0.267 e. The number of halogens is 1. The molecule has 0 atom stereocenters. The topological polar surface area (TPSA) is 84.0 Å². The van der Waals surface area contributed by atoms with Gasteiger partial charge in [-0.1, -0.05) is 46.3 Å². The minimum absolute atomic E-state index is 0.246. The molecule has 0 saturated carbocycles. The van der Waals surface area contributed by atoms with Crippen LogP contribution in [0.1, 0.15) is 20.7 Å². The second-order valence-corrected chi connectivity index (χ2v) is 5.99. The lowest BCUT2D eigenvalue weighted by Crippen LogP contribution is -2.41. The van der Waals surface area contributed by atoms with Crippen molar-refractivity contribution in [3.63, 3.8) is 0 Å². The lowest BCUT2D eigenvalue weighted by molar-refractivity contribution is 0.0846. The van der Waals surface area contributed by atoms with Crippen molar-refractivity contribution >= 4 is 27.7 Å². The van der Waals surface area contributed by atoms with Crippen LogP contribution in [0, 0.1) is 0 Å². The SMILES string of the molecule is O=C(NNC(=O)c1cnc(-c2ccccc2)nc1)c1ccc(Br)cc1. The van der Waals surface area contributed by atoms with Crippen molar-refractivity contribution in [1.82, 2.24) is 20.8 Å². The van der Waals surface area contributed by atoms with Gasteiger partial charge in [-0.05, 0) is 24.3 Å². The number of amides is 2. The fraction of sp³-hybridized carbons (Fsp3) is 0. The molecule has 0 radical (unpaired) electrons. The van der Waals surface area contributed by atoms with Gasteiger partial charge < -0.3 is 0 Å². The first kappa shape index (κ1) is 16.8. The van der Waals surface area contributed by atoms with Gasteiger partial charge in [0, 0.05) is 28.0 Å². The summed E-state index contributed by atoms with van der Waals surface area (Å²) < 4.78 is 0.865. The monoisotopic (exact) mass is 396 g/mol. The molecule has 0 aliphatic carbocycles. The lowest BCUT2D eigenvalue weighted by Gasteiger charge is -2.07. The summed E-state index contributed by atoms with van der Waals surface area (Å²) in [5, 5.41) is 0. The number of rotatable bonds is 3. The van der Waals surface area contributed by atoms with Crippen LogP contribution in [0.5, 0.6) is 0 Å². The smallest absolute Gasteiger partial charge is 0.267 e. The molecule has 2 N–H and O–H groups in total. The van der Waals surface area contributed by atoms with Crippen LogP contribution < -0.4 is 10.9 Å². The van der Waals surface area contributed by atoms with E-state index in [-0.39, 0.29) is 5.56 Å². The quantitative estimate of drug-likeness (QED) is 0.666. The van der Waals surface area contributed by atoms with Crippen LogP contribution in [-0.4, -0.2) is 21.8 Å². The average Bonchev–Trinajstić information content (AvgIpc) is 2.67. The van der Waals surface area contributed by atoms with Crippen molar-refractivity contribution in [2.75, 3.05) is 0 Å². The van der Waals surface area contributed by atoms with E-state index in [9.17, 15) is 9.59 Å². The maximum absolute atomic E-state index is 12.1. The van der Waals surface area contributed by atoms with Crippen LogP contribution in [0.2, 0.25) is 0 Å². The highest BCUT2D eigenvalue weighted by Crippen LogP contribution is 2.13. The van der Waals surface area contributed by atoms with Crippen molar-refractivity contribution < 1.29 is 9.59 Å². The second-order valence-electron chi connectivity index (χ2n) is 5.08. The fourth-order valence-corrected chi connectivity index (χ4v) is 2.31. The van der Waals surface area contributed by atoms with Gasteiger partial charge in [0.1, 0.15) is 0 Å². The summed E-state index contributed by atoms with van der Waals surface area (Å²) >= 11 is 3.29. The molecule has 1 heterocycles. The Bertz CT molecular complexity index is 881. The Morgan fingerprint density at radius 2 is 1.32 bits per heavy atom. The molecule has 0 saturated heterocycles. The number of hydrazine groups is 1. The van der Waals surface area contributed by atoms with Crippen molar-refractivity contribution in [3.05, 3.63) is 82.6 Å². The number of hydrogen-bond acceptors (Lipinski definition) is 4. The number of nitrogens with zero attached hydrogens (tertiary/aromatic N) is 2. The third-order valence-electron chi connectivity index (χ3n) is 3.34. The first-order chi connectivity index (χ1) is 12.1. The molecule has 0 fully saturated rings. The molecule has 7 heteroatoms. The first-order valence-corrected chi connectivity index (χ1v) is 8.16. The molecule has 0 bridgehead atoms. The molecular weight excluding hydrogens is 384 g/mol. The van der Waals surface area contributed by atoms with Crippen molar-refractivity contribution in [2.45, 2.75) is 0 Å². The molecule has 6 nitrogen and oxygen atoms in total. The van der Waals surface area contributed by atoms with Crippen LogP contribution >= 0.6 is 15.9 Å². The summed E-state index contributed by atoms with van der Waals surface area (Å²) in [7, 11) is 0. The summed E-state index contributed by atoms with van der Waals surface area (Å²) in [6.45, 7) is 0. The highest BCUT2D eigenvalue weighted by molar-refractivity contribution is 9.10. The third-order valence-corrected chi connectivity index (χ3v) is 3.87. The molecule has 0 aliphatic heterocycles. The van der Waals surface area contributed by atoms with E-state index in [0.29, 0.717) is 11.4 Å². The largest absolute Gasteiger partial charge is 0.272 e. The number of benzene rings is 2. The Morgan fingerprint density at radius 1 is 0.760 bits per heavy atom. The summed E-state index contributed by atoms with van der Waals surface area (Å²) in [6, 6.07) is 16.2. The lowest BCUT2D eigenvalue weighted by atomic mass is 10.2. The molecule has 2 aromatic carbocycles. The maximum atomic E-state index is 12.1. The molecule has 0 aliphatic rings. The van der Waals surface area contributed by atoms with Gasteiger partial charge in [0.15, 0.2) is 5.82 Å². The predicted octanol–water partition coefficient (Wildman–Crippen LogP) is 2.98. The zero-order chi connectivity index (χ0) is 17.6. The minimum atomic E-state index is -0.495. The standard InChI is InChI=1S/C18H13BrN4O2/c19-15-8-6-13(7-9-15)17(24)22-23-18(25)14-10-20-16(21-11-14)12-4-2-1-3-5-12/h1-11H,(H,22,24)(H,23,25). The van der Waals surface area contributed by atoms with Gasteiger partial charge in [-0.15, -0.1) is 0 Å². The number of aromatic nitrogens is 2. The third kappa shape index (κ3) is 4.27. The van der Waals surface area contributed by atoms with Gasteiger partial charge in [-0.2, -0.15) is 0 Å². The van der Waals surface area contributed by atoms with Crippen molar-refractivity contribution in [3.8, 4) is 11.4 Å². The van der Waals surface area contributed by atoms with E-state index in [1.165, 1.54) is 12.4 Å². The van der Waals surface area contributed by atoms with Gasteiger partial charge >= 0.3 is 0 Å². The Morgan fingerprint density at radius 3 is 1.92 bits per heavy atom. The van der Waals surface area contributed by atoms with E-state index >= 15 is 0 Å². The molecule has 1 aromatic heterocycles. The van der Waals surface area contributed by atoms with E-state index in [1.807, 2.05) is 30.3 Å². The zero-order valence-electron chi connectivity index (χ0n) is 12.9. The Balaban J connectivity index is 1.61. The Kier molecular flexibility index (Phi) is 5.15. The van der Waals surface area contributed by atoms with Gasteiger partial charge in [-0.3, -0.25) is 20.4 Å². The van der Waals surface area contributed by atoms with Crippen molar-refractivity contribution in [2.24, 2.45) is 0 Å². The van der Waals surface area contributed by atoms with Crippen molar-refractivity contribution in [1.29, 1.82) is 0 Å². The van der Waals surface area contributed by atoms with Crippen LogP contribution in [0.15, 0.2) is 71.5 Å². The predicted molar refractivity (Wildman–Crippen MR) is 96.5 cm³/mol. The van der Waals surface area contributed by atoms with E-state index in [1.54, 1.807) is 24.3 Å². The van der Waals surface area contributed by atoms with E-state index in [2.05, 4.69) is 36.7 Å². The highest BCUT2D eigenvalue weighted by Gasteiger charge is 2.10. The highest BCUT2D eigenvalue weighted by atomic mass is 79.9. The van der Waals surface area contributed by atoms with Crippen LogP contribution in [0.3, 0.4) is 0 Å². The fourth-order valence-electron chi connectivity index (χ4n) is 2.04. The second kappa shape index (κ2) is 7.67. The zero-order valence-corrected chi connectivity index (χ0v) is 14.5. The number of hydrogen-bond donors (Lipinski definition) is 2. The van der Waals surface area contributed by atoms with E-state index < -0.39 is 11.8 Å². The molecule has 0 unspecified atom stereocenters.